The molecule has 10 nitrogen and oxygen atoms in total. The summed E-state index contributed by atoms with van der Waals surface area (Å²) in [5.41, 5.74) is 0.759. The summed E-state index contributed by atoms with van der Waals surface area (Å²) in [4.78, 5) is 8.69. The van der Waals surface area contributed by atoms with Crippen LogP contribution in [-0.4, -0.2) is 71.1 Å². The number of rotatable bonds is 8. The molecule has 33 heavy (non-hydrogen) atoms. The summed E-state index contributed by atoms with van der Waals surface area (Å²) < 4.78 is 39.1. The van der Waals surface area contributed by atoms with Gasteiger partial charge in [0, 0.05) is 19.2 Å². The maximum absolute atomic E-state index is 12.7. The van der Waals surface area contributed by atoms with Crippen LogP contribution in [0.2, 0.25) is 5.02 Å². The summed E-state index contributed by atoms with van der Waals surface area (Å²) in [6, 6.07) is -0.186. The maximum Gasteiger partial charge on any atom is 0.229 e. The minimum Gasteiger partial charge on any atom is -0.373 e. The first-order chi connectivity index (χ1) is 15.8. The van der Waals surface area contributed by atoms with Gasteiger partial charge in [0.05, 0.1) is 54.9 Å². The van der Waals surface area contributed by atoms with Crippen LogP contribution in [0.5, 0.6) is 0 Å². The van der Waals surface area contributed by atoms with Gasteiger partial charge in [-0.2, -0.15) is 10.1 Å². The molecular weight excluding hydrogens is 468 g/mol. The molecule has 0 amide bonds. The van der Waals surface area contributed by atoms with Crippen molar-refractivity contribution in [2.24, 2.45) is 24.8 Å². The van der Waals surface area contributed by atoms with Gasteiger partial charge in [-0.15, -0.1) is 0 Å². The van der Waals surface area contributed by atoms with Gasteiger partial charge in [-0.25, -0.2) is 13.4 Å². The van der Waals surface area contributed by atoms with E-state index in [1.54, 1.807) is 10.9 Å². The SMILES string of the molecule is CC1CC(CS(=O)(=O)C[C@H]2COC3C2OC[C@H]3Nc2nc(Nc3cnn(C)c3)ncc2Cl)C1. The third kappa shape index (κ3) is 5.11. The number of sulfone groups is 1. The highest BCUT2D eigenvalue weighted by Crippen LogP contribution is 2.37. The Bertz CT molecular complexity index is 1110. The van der Waals surface area contributed by atoms with Crippen LogP contribution in [0.25, 0.3) is 0 Å². The highest BCUT2D eigenvalue weighted by molar-refractivity contribution is 7.91. The van der Waals surface area contributed by atoms with Crippen molar-refractivity contribution in [3.05, 3.63) is 23.6 Å². The lowest BCUT2D eigenvalue weighted by molar-refractivity contribution is 0.0656. The van der Waals surface area contributed by atoms with Gasteiger partial charge < -0.3 is 20.1 Å². The molecule has 4 atom stereocenters. The first-order valence-electron chi connectivity index (χ1n) is 11.2. The summed E-state index contributed by atoms with van der Waals surface area (Å²) in [6.07, 6.45) is 6.51. The zero-order valence-corrected chi connectivity index (χ0v) is 20.2. The Morgan fingerprint density at radius 2 is 1.97 bits per heavy atom. The quantitative estimate of drug-likeness (QED) is 0.566. The number of hydrogen-bond donors (Lipinski definition) is 2. The molecule has 2 aliphatic heterocycles. The van der Waals surface area contributed by atoms with Crippen molar-refractivity contribution >= 4 is 38.9 Å². The van der Waals surface area contributed by atoms with E-state index >= 15 is 0 Å². The first-order valence-corrected chi connectivity index (χ1v) is 13.4. The molecule has 2 N–H and O–H groups in total. The van der Waals surface area contributed by atoms with Gasteiger partial charge >= 0.3 is 0 Å². The number of aryl methyl sites for hydroxylation is 1. The molecule has 2 saturated heterocycles. The van der Waals surface area contributed by atoms with E-state index in [0.717, 1.165) is 18.5 Å². The lowest BCUT2D eigenvalue weighted by atomic mass is 9.77. The summed E-state index contributed by atoms with van der Waals surface area (Å²) in [5.74, 6) is 2.01. The molecule has 0 bridgehead atoms. The van der Waals surface area contributed by atoms with Crippen molar-refractivity contribution in [1.29, 1.82) is 0 Å². The van der Waals surface area contributed by atoms with E-state index in [4.69, 9.17) is 21.1 Å². The summed E-state index contributed by atoms with van der Waals surface area (Å²) in [6.45, 7) is 2.93. The van der Waals surface area contributed by atoms with E-state index in [9.17, 15) is 8.42 Å². The molecular formula is C21H29ClN6O4S. The Morgan fingerprint density at radius 1 is 1.18 bits per heavy atom. The predicted molar refractivity (Wildman–Crippen MR) is 124 cm³/mol. The van der Waals surface area contributed by atoms with Crippen LogP contribution in [0.4, 0.5) is 17.5 Å². The Balaban J connectivity index is 1.20. The van der Waals surface area contributed by atoms with E-state index in [1.165, 1.54) is 6.20 Å². The van der Waals surface area contributed by atoms with E-state index in [-0.39, 0.29) is 35.7 Å². The van der Waals surface area contributed by atoms with Crippen LogP contribution in [-0.2, 0) is 26.4 Å². The van der Waals surface area contributed by atoms with Crippen molar-refractivity contribution < 1.29 is 17.9 Å². The molecule has 3 aliphatic rings. The topological polar surface area (TPSA) is 120 Å². The molecule has 3 fully saturated rings. The number of nitrogens with one attached hydrogen (secondary N) is 2. The Labute approximate surface area is 198 Å². The average molecular weight is 497 g/mol. The van der Waals surface area contributed by atoms with Gasteiger partial charge in [0.25, 0.3) is 0 Å². The smallest absolute Gasteiger partial charge is 0.229 e. The van der Waals surface area contributed by atoms with Gasteiger partial charge in [0.2, 0.25) is 5.95 Å². The second-order valence-corrected chi connectivity index (χ2v) is 12.1. The van der Waals surface area contributed by atoms with Crippen LogP contribution >= 0.6 is 11.6 Å². The van der Waals surface area contributed by atoms with Crippen molar-refractivity contribution in [1.82, 2.24) is 19.7 Å². The number of fused-ring (bicyclic) bond motifs is 1. The summed E-state index contributed by atoms with van der Waals surface area (Å²) >= 11 is 6.33. The zero-order chi connectivity index (χ0) is 23.2. The van der Waals surface area contributed by atoms with Crippen molar-refractivity contribution in [2.45, 2.75) is 38.0 Å². The largest absolute Gasteiger partial charge is 0.373 e. The molecule has 4 heterocycles. The number of hydrogen-bond acceptors (Lipinski definition) is 9. The van der Waals surface area contributed by atoms with E-state index in [0.29, 0.717) is 41.8 Å². The van der Waals surface area contributed by atoms with Gasteiger partial charge in [0.1, 0.15) is 11.1 Å². The number of anilines is 3. The zero-order valence-electron chi connectivity index (χ0n) is 18.6. The second-order valence-electron chi connectivity index (χ2n) is 9.54. The van der Waals surface area contributed by atoms with Crippen molar-refractivity contribution in [2.75, 3.05) is 35.4 Å². The number of ether oxygens (including phenoxy) is 2. The minimum absolute atomic E-state index is 0.110. The molecule has 0 spiro atoms. The fourth-order valence-corrected chi connectivity index (χ4v) is 7.33. The third-order valence-electron chi connectivity index (χ3n) is 6.61. The molecule has 0 aromatic carbocycles. The molecule has 180 valence electrons. The third-order valence-corrected chi connectivity index (χ3v) is 8.80. The molecule has 2 unspecified atom stereocenters. The van der Waals surface area contributed by atoms with Gasteiger partial charge in [-0.05, 0) is 24.7 Å². The Morgan fingerprint density at radius 3 is 2.70 bits per heavy atom. The van der Waals surface area contributed by atoms with Gasteiger partial charge in [-0.3, -0.25) is 4.68 Å². The predicted octanol–water partition coefficient (Wildman–Crippen LogP) is 2.26. The number of halogens is 1. The molecule has 1 aliphatic carbocycles. The maximum atomic E-state index is 12.7. The molecule has 2 aromatic heterocycles. The molecule has 0 radical (unpaired) electrons. The Hall–Kier alpha value is -1.95. The van der Waals surface area contributed by atoms with Crippen LogP contribution in [0.15, 0.2) is 18.6 Å². The van der Waals surface area contributed by atoms with E-state index < -0.39 is 9.84 Å². The number of nitrogens with zero attached hydrogens (tertiary/aromatic N) is 4. The van der Waals surface area contributed by atoms with Crippen molar-refractivity contribution in [3.63, 3.8) is 0 Å². The fraction of sp³-hybridized carbons (Fsp3) is 0.667. The minimum atomic E-state index is -3.14. The second kappa shape index (κ2) is 9.01. The first kappa shape index (κ1) is 22.8. The van der Waals surface area contributed by atoms with Crippen LogP contribution in [0.3, 0.4) is 0 Å². The van der Waals surface area contributed by atoms with E-state index in [1.807, 2.05) is 13.2 Å². The van der Waals surface area contributed by atoms with Crippen LogP contribution in [0.1, 0.15) is 19.8 Å². The Kier molecular flexibility index (Phi) is 6.23. The number of aromatic nitrogens is 4. The van der Waals surface area contributed by atoms with E-state index in [2.05, 4.69) is 32.6 Å². The lowest BCUT2D eigenvalue weighted by Gasteiger charge is -2.32. The monoisotopic (exact) mass is 496 g/mol. The van der Waals surface area contributed by atoms with Crippen molar-refractivity contribution in [3.8, 4) is 0 Å². The van der Waals surface area contributed by atoms with Gasteiger partial charge in [-0.1, -0.05) is 18.5 Å². The lowest BCUT2D eigenvalue weighted by Crippen LogP contribution is -2.37. The standard InChI is InChI=1S/C21H29ClN6O4S/c1-12-3-13(4-12)10-33(29,30)11-14-8-31-19-17(9-32-18(14)19)26-20-16(22)6-23-21(27-20)25-15-5-24-28(2)7-15/h5-7,12-14,17-19H,3-4,8-11H2,1-2H3,(H2,23,25,26,27)/t12?,13?,14-,17-,18?,19?/m1/s1. The molecule has 2 aromatic rings. The molecule has 5 rings (SSSR count). The summed E-state index contributed by atoms with van der Waals surface area (Å²) in [5, 5.41) is 10.9. The fourth-order valence-electron chi connectivity index (χ4n) is 5.12. The molecule has 1 saturated carbocycles. The highest BCUT2D eigenvalue weighted by Gasteiger charge is 2.49. The normalized spacial score (nSPS) is 31.2. The van der Waals surface area contributed by atoms with Crippen LogP contribution < -0.4 is 10.6 Å². The highest BCUT2D eigenvalue weighted by atomic mass is 35.5. The summed E-state index contributed by atoms with van der Waals surface area (Å²) in [7, 11) is -1.32. The van der Waals surface area contributed by atoms with Gasteiger partial charge in [0.15, 0.2) is 15.7 Å². The average Bonchev–Trinajstić information content (AvgIpc) is 3.42. The molecule has 12 heteroatoms. The van der Waals surface area contributed by atoms with Crippen LogP contribution in [0, 0.1) is 17.8 Å².